The van der Waals surface area contributed by atoms with Crippen LogP contribution in [-0.4, -0.2) is 37.1 Å². The Morgan fingerprint density at radius 3 is 3.12 bits per heavy atom. The van der Waals surface area contributed by atoms with Crippen LogP contribution in [0, 0.1) is 5.41 Å². The summed E-state index contributed by atoms with van der Waals surface area (Å²) in [4.78, 5) is 6.38. The molecule has 1 aromatic heterocycles. The summed E-state index contributed by atoms with van der Waals surface area (Å²) >= 11 is 0. The standard InChI is InChI=1S/C12H18N4O/c1-16(8-9-4-3-7-17-9)11-6-2-5-10(15-11)12(13)14/h2,5-6,9H,3-4,7-8H2,1H3,(H3,13,14). The van der Waals surface area contributed by atoms with Crippen LogP contribution >= 0.6 is 0 Å². The van der Waals surface area contributed by atoms with Gasteiger partial charge in [-0.25, -0.2) is 4.98 Å². The van der Waals surface area contributed by atoms with E-state index < -0.39 is 0 Å². The lowest BCUT2D eigenvalue weighted by Gasteiger charge is -2.22. The Morgan fingerprint density at radius 1 is 1.65 bits per heavy atom. The second-order valence-electron chi connectivity index (χ2n) is 4.31. The molecule has 0 aromatic carbocycles. The minimum absolute atomic E-state index is 0.00244. The summed E-state index contributed by atoms with van der Waals surface area (Å²) in [5.41, 5.74) is 5.94. The van der Waals surface area contributed by atoms with Gasteiger partial charge in [0.05, 0.1) is 6.10 Å². The first-order chi connectivity index (χ1) is 8.16. The zero-order valence-corrected chi connectivity index (χ0v) is 10.0. The van der Waals surface area contributed by atoms with Gasteiger partial charge in [-0.2, -0.15) is 0 Å². The molecule has 1 fully saturated rings. The third-order valence-corrected chi connectivity index (χ3v) is 2.90. The van der Waals surface area contributed by atoms with Crippen molar-refractivity contribution in [2.24, 2.45) is 5.73 Å². The molecule has 0 radical (unpaired) electrons. The number of aromatic nitrogens is 1. The third-order valence-electron chi connectivity index (χ3n) is 2.90. The summed E-state index contributed by atoms with van der Waals surface area (Å²) in [5, 5.41) is 7.37. The highest BCUT2D eigenvalue weighted by molar-refractivity contribution is 5.93. The lowest BCUT2D eigenvalue weighted by Crippen LogP contribution is -2.29. The predicted octanol–water partition coefficient (Wildman–Crippen LogP) is 0.981. The molecule has 2 heterocycles. The van der Waals surface area contributed by atoms with Crippen LogP contribution in [0.3, 0.4) is 0 Å². The molecule has 0 bridgehead atoms. The Hall–Kier alpha value is -1.62. The van der Waals surface area contributed by atoms with Crippen LogP contribution in [0.4, 0.5) is 5.82 Å². The molecule has 92 valence electrons. The highest BCUT2D eigenvalue weighted by atomic mass is 16.5. The minimum atomic E-state index is -0.00244. The first-order valence-electron chi connectivity index (χ1n) is 5.81. The van der Waals surface area contributed by atoms with Gasteiger partial charge in [-0.1, -0.05) is 6.07 Å². The Labute approximate surface area is 101 Å². The molecule has 1 unspecified atom stereocenters. The second-order valence-corrected chi connectivity index (χ2v) is 4.31. The molecule has 1 aliphatic heterocycles. The van der Waals surface area contributed by atoms with E-state index in [-0.39, 0.29) is 5.84 Å². The van der Waals surface area contributed by atoms with E-state index in [9.17, 15) is 0 Å². The van der Waals surface area contributed by atoms with E-state index in [1.54, 1.807) is 6.07 Å². The number of hydrogen-bond donors (Lipinski definition) is 2. The van der Waals surface area contributed by atoms with Gasteiger partial charge >= 0.3 is 0 Å². The number of rotatable bonds is 4. The maximum atomic E-state index is 7.37. The highest BCUT2D eigenvalue weighted by Crippen LogP contribution is 2.16. The fourth-order valence-corrected chi connectivity index (χ4v) is 1.97. The van der Waals surface area contributed by atoms with Gasteiger partial charge in [0.15, 0.2) is 0 Å². The summed E-state index contributed by atoms with van der Waals surface area (Å²) in [6.45, 7) is 1.69. The number of nitrogens with zero attached hydrogens (tertiary/aromatic N) is 2. The molecule has 0 spiro atoms. The maximum Gasteiger partial charge on any atom is 0.141 e. The van der Waals surface area contributed by atoms with Gasteiger partial charge in [0, 0.05) is 20.2 Å². The number of nitrogens with one attached hydrogen (secondary N) is 1. The Morgan fingerprint density at radius 2 is 2.47 bits per heavy atom. The Balaban J connectivity index is 2.04. The molecule has 5 heteroatoms. The predicted molar refractivity (Wildman–Crippen MR) is 67.5 cm³/mol. The van der Waals surface area contributed by atoms with Gasteiger partial charge in [0.25, 0.3) is 0 Å². The number of nitrogen functional groups attached to an aromatic ring is 1. The number of nitrogens with two attached hydrogens (primary N) is 1. The maximum absolute atomic E-state index is 7.37. The van der Waals surface area contributed by atoms with Crippen LogP contribution in [0.15, 0.2) is 18.2 Å². The number of hydrogen-bond acceptors (Lipinski definition) is 4. The largest absolute Gasteiger partial charge is 0.382 e. The fourth-order valence-electron chi connectivity index (χ4n) is 1.97. The zero-order valence-electron chi connectivity index (χ0n) is 10.0. The van der Waals surface area contributed by atoms with Gasteiger partial charge in [0.1, 0.15) is 17.3 Å². The van der Waals surface area contributed by atoms with Crippen molar-refractivity contribution in [3.05, 3.63) is 23.9 Å². The van der Waals surface area contributed by atoms with Crippen molar-refractivity contribution in [1.82, 2.24) is 4.98 Å². The van der Waals surface area contributed by atoms with E-state index in [1.807, 2.05) is 24.1 Å². The summed E-state index contributed by atoms with van der Waals surface area (Å²) in [7, 11) is 1.98. The van der Waals surface area contributed by atoms with Crippen molar-refractivity contribution in [3.8, 4) is 0 Å². The molecule has 0 aliphatic carbocycles. The average molecular weight is 234 g/mol. The normalized spacial score (nSPS) is 19.2. The molecular formula is C12H18N4O. The molecular weight excluding hydrogens is 216 g/mol. The van der Waals surface area contributed by atoms with Crippen LogP contribution in [0.1, 0.15) is 18.5 Å². The highest BCUT2D eigenvalue weighted by Gasteiger charge is 2.18. The van der Waals surface area contributed by atoms with Crippen LogP contribution < -0.4 is 10.6 Å². The van der Waals surface area contributed by atoms with Crippen LogP contribution in [0.5, 0.6) is 0 Å². The van der Waals surface area contributed by atoms with E-state index in [0.29, 0.717) is 11.8 Å². The summed E-state index contributed by atoms with van der Waals surface area (Å²) in [5.74, 6) is 0.825. The van der Waals surface area contributed by atoms with E-state index in [2.05, 4.69) is 4.98 Å². The molecule has 1 saturated heterocycles. The first kappa shape index (κ1) is 11.9. The van der Waals surface area contributed by atoms with Crippen molar-refractivity contribution in [1.29, 1.82) is 5.41 Å². The molecule has 5 nitrogen and oxygen atoms in total. The van der Waals surface area contributed by atoms with Crippen molar-refractivity contribution >= 4 is 11.7 Å². The SMILES string of the molecule is CN(CC1CCCO1)c1cccc(C(=N)N)n1. The first-order valence-corrected chi connectivity index (χ1v) is 5.81. The van der Waals surface area contributed by atoms with E-state index in [0.717, 1.165) is 31.8 Å². The number of ether oxygens (including phenoxy) is 1. The number of amidine groups is 1. The molecule has 1 aliphatic rings. The van der Waals surface area contributed by atoms with E-state index in [1.165, 1.54) is 0 Å². The topological polar surface area (TPSA) is 75.2 Å². The zero-order chi connectivity index (χ0) is 12.3. The molecule has 0 saturated carbocycles. The van der Waals surface area contributed by atoms with E-state index >= 15 is 0 Å². The average Bonchev–Trinajstić information content (AvgIpc) is 2.82. The number of anilines is 1. The summed E-state index contributed by atoms with van der Waals surface area (Å²) < 4.78 is 5.59. The van der Waals surface area contributed by atoms with E-state index in [4.69, 9.17) is 15.9 Å². The Kier molecular flexibility index (Phi) is 3.58. The molecule has 0 amide bonds. The number of likely N-dealkylation sites (N-methyl/N-ethyl adjacent to an activating group) is 1. The summed E-state index contributed by atoms with van der Waals surface area (Å²) in [6.07, 6.45) is 2.54. The smallest absolute Gasteiger partial charge is 0.141 e. The number of pyridine rings is 1. The van der Waals surface area contributed by atoms with Crippen LogP contribution in [-0.2, 0) is 4.74 Å². The van der Waals surface area contributed by atoms with Crippen LogP contribution in [0.2, 0.25) is 0 Å². The lowest BCUT2D eigenvalue weighted by atomic mass is 10.2. The van der Waals surface area contributed by atoms with Crippen LogP contribution in [0.25, 0.3) is 0 Å². The third kappa shape index (κ3) is 2.94. The molecule has 3 N–H and O–H groups in total. The quantitative estimate of drug-likeness (QED) is 0.601. The fraction of sp³-hybridized carbons (Fsp3) is 0.500. The second kappa shape index (κ2) is 5.14. The van der Waals surface area contributed by atoms with Crippen molar-refractivity contribution in [2.75, 3.05) is 25.1 Å². The van der Waals surface area contributed by atoms with Crippen molar-refractivity contribution < 1.29 is 4.74 Å². The monoisotopic (exact) mass is 234 g/mol. The van der Waals surface area contributed by atoms with Crippen molar-refractivity contribution in [2.45, 2.75) is 18.9 Å². The molecule has 2 rings (SSSR count). The molecule has 1 aromatic rings. The Bertz CT molecular complexity index is 401. The lowest BCUT2D eigenvalue weighted by molar-refractivity contribution is 0.116. The molecule has 17 heavy (non-hydrogen) atoms. The van der Waals surface area contributed by atoms with Gasteiger partial charge in [-0.3, -0.25) is 5.41 Å². The van der Waals surface area contributed by atoms with Gasteiger partial charge in [0.2, 0.25) is 0 Å². The van der Waals surface area contributed by atoms with Crippen molar-refractivity contribution in [3.63, 3.8) is 0 Å². The summed E-state index contributed by atoms with van der Waals surface area (Å²) in [6, 6.07) is 5.53. The van der Waals surface area contributed by atoms with Gasteiger partial charge < -0.3 is 15.4 Å². The molecule has 1 atom stereocenters. The van der Waals surface area contributed by atoms with Gasteiger partial charge in [-0.05, 0) is 25.0 Å². The minimum Gasteiger partial charge on any atom is -0.382 e. The van der Waals surface area contributed by atoms with Gasteiger partial charge in [-0.15, -0.1) is 0 Å².